The first-order valence-electron chi connectivity index (χ1n) is 9.85. The number of unbranched alkanes of at least 4 members (excludes halogenated alkanes) is 3. The van der Waals surface area contributed by atoms with Crippen LogP contribution in [0, 0.1) is 6.92 Å². The van der Waals surface area contributed by atoms with E-state index in [0.29, 0.717) is 0 Å². The zero-order valence-electron chi connectivity index (χ0n) is 15.9. The molecule has 1 aliphatic heterocycles. The molecule has 0 amide bonds. The maximum atomic E-state index is 4.63. The third-order valence-electron chi connectivity index (χ3n) is 5.11. The molecule has 3 heterocycles. The van der Waals surface area contributed by atoms with Gasteiger partial charge in [0, 0.05) is 24.1 Å². The molecule has 0 aliphatic carbocycles. The topological polar surface area (TPSA) is 48.1 Å². The number of para-hydroxylation sites is 1. The van der Waals surface area contributed by atoms with Crippen LogP contribution in [-0.2, 0) is 6.42 Å². The highest BCUT2D eigenvalue weighted by Gasteiger charge is 2.27. The summed E-state index contributed by atoms with van der Waals surface area (Å²) in [7, 11) is 0. The number of nitrogens with one attached hydrogen (secondary N) is 1. The van der Waals surface area contributed by atoms with Gasteiger partial charge in [-0.1, -0.05) is 31.0 Å². The summed E-state index contributed by atoms with van der Waals surface area (Å²) in [6, 6.07) is 16.9. The van der Waals surface area contributed by atoms with Crippen molar-refractivity contribution in [3.05, 3.63) is 66.1 Å². The van der Waals surface area contributed by atoms with E-state index < -0.39 is 0 Å². The average Bonchev–Trinajstić information content (AvgIpc) is 3.29. The molecule has 5 heteroatoms. The molecule has 140 valence electrons. The SMILES string of the molecule is Cc1cc(CCCCCCN2CN(c3ccccc3)c3ncccc32)n[nH]1. The molecular weight excluding hydrogens is 334 g/mol. The highest BCUT2D eigenvalue weighted by Crippen LogP contribution is 2.38. The smallest absolute Gasteiger partial charge is 0.158 e. The van der Waals surface area contributed by atoms with Crippen LogP contribution < -0.4 is 9.80 Å². The number of aryl methyl sites for hydroxylation is 2. The third-order valence-corrected chi connectivity index (χ3v) is 5.11. The van der Waals surface area contributed by atoms with Gasteiger partial charge in [0.05, 0.1) is 18.1 Å². The molecule has 0 bridgehead atoms. The van der Waals surface area contributed by atoms with Crippen molar-refractivity contribution in [1.29, 1.82) is 0 Å². The number of pyridine rings is 1. The molecule has 0 saturated carbocycles. The van der Waals surface area contributed by atoms with E-state index in [1.54, 1.807) is 0 Å². The van der Waals surface area contributed by atoms with Gasteiger partial charge in [0.1, 0.15) is 0 Å². The van der Waals surface area contributed by atoms with E-state index in [-0.39, 0.29) is 0 Å². The summed E-state index contributed by atoms with van der Waals surface area (Å²) in [6.45, 7) is 4.00. The Kier molecular flexibility index (Phi) is 5.37. The highest BCUT2D eigenvalue weighted by molar-refractivity contribution is 5.78. The lowest BCUT2D eigenvalue weighted by atomic mass is 10.1. The number of rotatable bonds is 8. The fourth-order valence-corrected chi connectivity index (χ4v) is 3.73. The minimum absolute atomic E-state index is 0.878. The fourth-order valence-electron chi connectivity index (χ4n) is 3.73. The van der Waals surface area contributed by atoms with Crippen LogP contribution in [0.4, 0.5) is 17.2 Å². The number of benzene rings is 1. The lowest BCUT2D eigenvalue weighted by molar-refractivity contribution is 0.625. The van der Waals surface area contributed by atoms with Gasteiger partial charge in [-0.2, -0.15) is 5.10 Å². The van der Waals surface area contributed by atoms with E-state index in [9.17, 15) is 0 Å². The Labute approximate surface area is 161 Å². The van der Waals surface area contributed by atoms with Gasteiger partial charge in [0.25, 0.3) is 0 Å². The molecule has 0 radical (unpaired) electrons. The Hall–Kier alpha value is -2.82. The van der Waals surface area contributed by atoms with Crippen molar-refractivity contribution in [2.75, 3.05) is 23.0 Å². The van der Waals surface area contributed by atoms with E-state index >= 15 is 0 Å². The van der Waals surface area contributed by atoms with Crippen molar-refractivity contribution in [3.8, 4) is 0 Å². The summed E-state index contributed by atoms with van der Waals surface area (Å²) in [4.78, 5) is 9.39. The van der Waals surface area contributed by atoms with Crippen LogP contribution in [0.2, 0.25) is 0 Å². The monoisotopic (exact) mass is 361 g/mol. The Balaban J connectivity index is 1.28. The first-order chi connectivity index (χ1) is 13.3. The standard InChI is InChI=1S/C22H27N5/c1-18-16-19(25-24-18)10-5-2-3-8-15-26-17-27(20-11-6-4-7-12-20)22-21(26)13-9-14-23-22/h4,6-7,9,11-14,16H,2-3,5,8,10,15,17H2,1H3,(H,24,25). The predicted octanol–water partition coefficient (Wildman–Crippen LogP) is 4.83. The van der Waals surface area contributed by atoms with Crippen molar-refractivity contribution in [2.24, 2.45) is 0 Å². The van der Waals surface area contributed by atoms with Gasteiger partial charge in [-0.05, 0) is 56.5 Å². The van der Waals surface area contributed by atoms with Gasteiger partial charge in [0.2, 0.25) is 0 Å². The van der Waals surface area contributed by atoms with Gasteiger partial charge in [0.15, 0.2) is 5.82 Å². The van der Waals surface area contributed by atoms with E-state index in [1.165, 1.54) is 42.8 Å². The lowest BCUT2D eigenvalue weighted by Gasteiger charge is -2.21. The van der Waals surface area contributed by atoms with Crippen LogP contribution in [0.3, 0.4) is 0 Å². The van der Waals surface area contributed by atoms with E-state index in [1.807, 2.05) is 12.3 Å². The molecule has 0 unspecified atom stereocenters. The summed E-state index contributed by atoms with van der Waals surface area (Å²) in [5.74, 6) is 1.07. The summed E-state index contributed by atoms with van der Waals surface area (Å²) < 4.78 is 0. The maximum Gasteiger partial charge on any atom is 0.158 e. The van der Waals surface area contributed by atoms with E-state index in [2.05, 4.69) is 74.4 Å². The molecule has 1 N–H and O–H groups in total. The Bertz CT molecular complexity index is 858. The Morgan fingerprint density at radius 2 is 1.85 bits per heavy atom. The quantitative estimate of drug-likeness (QED) is 0.584. The van der Waals surface area contributed by atoms with Crippen molar-refractivity contribution >= 4 is 17.2 Å². The summed E-state index contributed by atoms with van der Waals surface area (Å²) in [5, 5.41) is 7.33. The number of aromatic nitrogens is 3. The van der Waals surface area contributed by atoms with E-state index in [4.69, 9.17) is 0 Å². The van der Waals surface area contributed by atoms with Crippen LogP contribution >= 0.6 is 0 Å². The van der Waals surface area contributed by atoms with Gasteiger partial charge < -0.3 is 9.80 Å². The van der Waals surface area contributed by atoms with E-state index in [0.717, 1.165) is 31.1 Å². The molecule has 2 aromatic heterocycles. The minimum atomic E-state index is 0.878. The highest BCUT2D eigenvalue weighted by atomic mass is 15.4. The zero-order valence-corrected chi connectivity index (χ0v) is 15.9. The normalized spacial score (nSPS) is 13.2. The molecule has 3 aromatic rings. The lowest BCUT2D eigenvalue weighted by Crippen LogP contribution is -2.28. The first kappa shape index (κ1) is 17.6. The van der Waals surface area contributed by atoms with Crippen molar-refractivity contribution in [1.82, 2.24) is 15.2 Å². The van der Waals surface area contributed by atoms with Gasteiger partial charge in [-0.25, -0.2) is 4.98 Å². The molecule has 0 spiro atoms. The van der Waals surface area contributed by atoms with Crippen molar-refractivity contribution in [2.45, 2.75) is 39.0 Å². The van der Waals surface area contributed by atoms with Gasteiger partial charge >= 0.3 is 0 Å². The molecule has 0 saturated heterocycles. The summed E-state index contributed by atoms with van der Waals surface area (Å²) >= 11 is 0. The average molecular weight is 361 g/mol. The fraction of sp³-hybridized carbons (Fsp3) is 0.364. The number of fused-ring (bicyclic) bond motifs is 1. The summed E-state index contributed by atoms with van der Waals surface area (Å²) in [6.07, 6.45) is 7.87. The molecular formula is C22H27N5. The number of hydrogen-bond acceptors (Lipinski definition) is 4. The number of anilines is 3. The Morgan fingerprint density at radius 3 is 2.67 bits per heavy atom. The molecule has 1 aromatic carbocycles. The second-order valence-corrected chi connectivity index (χ2v) is 7.22. The second-order valence-electron chi connectivity index (χ2n) is 7.22. The van der Waals surface area contributed by atoms with Crippen LogP contribution in [0.5, 0.6) is 0 Å². The zero-order chi connectivity index (χ0) is 18.5. The largest absolute Gasteiger partial charge is 0.350 e. The number of H-pyrrole nitrogens is 1. The van der Waals surface area contributed by atoms with Crippen LogP contribution in [-0.4, -0.2) is 28.4 Å². The van der Waals surface area contributed by atoms with Crippen LogP contribution in [0.15, 0.2) is 54.7 Å². The van der Waals surface area contributed by atoms with Crippen LogP contribution in [0.1, 0.15) is 37.1 Å². The van der Waals surface area contributed by atoms with Gasteiger partial charge in [-0.15, -0.1) is 0 Å². The molecule has 1 aliphatic rings. The third kappa shape index (κ3) is 4.13. The molecule has 4 rings (SSSR count). The predicted molar refractivity (Wildman–Crippen MR) is 111 cm³/mol. The summed E-state index contributed by atoms with van der Waals surface area (Å²) in [5.41, 5.74) is 4.78. The molecule has 0 atom stereocenters. The molecule has 27 heavy (non-hydrogen) atoms. The number of hydrogen-bond donors (Lipinski definition) is 1. The molecule has 5 nitrogen and oxygen atoms in total. The molecule has 0 fully saturated rings. The number of aromatic amines is 1. The van der Waals surface area contributed by atoms with Crippen molar-refractivity contribution in [3.63, 3.8) is 0 Å². The van der Waals surface area contributed by atoms with Crippen molar-refractivity contribution < 1.29 is 0 Å². The van der Waals surface area contributed by atoms with Crippen LogP contribution in [0.25, 0.3) is 0 Å². The first-order valence-corrected chi connectivity index (χ1v) is 9.85. The Morgan fingerprint density at radius 1 is 1.00 bits per heavy atom. The number of nitrogens with zero attached hydrogens (tertiary/aromatic N) is 4. The second kappa shape index (κ2) is 8.25. The van der Waals surface area contributed by atoms with Gasteiger partial charge in [-0.3, -0.25) is 5.10 Å². The maximum absolute atomic E-state index is 4.63. The minimum Gasteiger partial charge on any atom is -0.350 e.